The highest BCUT2D eigenvalue weighted by Crippen LogP contribution is 2.44. The first-order chi connectivity index (χ1) is 9.25. The fourth-order valence-electron chi connectivity index (χ4n) is 5.17. The summed E-state index contributed by atoms with van der Waals surface area (Å²) >= 11 is 0. The Kier molecular flexibility index (Phi) is 4.19. The third kappa shape index (κ3) is 2.58. The van der Waals surface area contributed by atoms with E-state index in [-0.39, 0.29) is 0 Å². The molecule has 0 amide bonds. The van der Waals surface area contributed by atoms with Crippen LogP contribution in [0.1, 0.15) is 71.1 Å². The van der Waals surface area contributed by atoms with Gasteiger partial charge in [-0.25, -0.2) is 0 Å². The zero-order valence-electron chi connectivity index (χ0n) is 12.7. The van der Waals surface area contributed by atoms with Crippen molar-refractivity contribution in [3.63, 3.8) is 0 Å². The second kappa shape index (κ2) is 5.73. The van der Waals surface area contributed by atoms with Gasteiger partial charge in [-0.15, -0.1) is 0 Å². The van der Waals surface area contributed by atoms with Gasteiger partial charge in [-0.05, 0) is 56.9 Å². The Morgan fingerprint density at radius 2 is 1.84 bits per heavy atom. The highest BCUT2D eigenvalue weighted by atomic mass is 15.3. The maximum absolute atomic E-state index is 6.31. The van der Waals surface area contributed by atoms with Crippen molar-refractivity contribution in [1.29, 1.82) is 0 Å². The van der Waals surface area contributed by atoms with Gasteiger partial charge < -0.3 is 5.73 Å². The van der Waals surface area contributed by atoms with Gasteiger partial charge in [0.2, 0.25) is 0 Å². The molecule has 3 rings (SSSR count). The number of hydrogen-bond donors (Lipinski definition) is 1. The van der Waals surface area contributed by atoms with Gasteiger partial charge in [-0.1, -0.05) is 32.6 Å². The lowest BCUT2D eigenvalue weighted by Gasteiger charge is -2.46. The highest BCUT2D eigenvalue weighted by Gasteiger charge is 2.46. The minimum atomic E-state index is 0.363. The predicted molar refractivity (Wildman–Crippen MR) is 81.1 cm³/mol. The van der Waals surface area contributed by atoms with Crippen LogP contribution in [0.15, 0.2) is 0 Å². The zero-order chi connectivity index (χ0) is 13.3. The van der Waals surface area contributed by atoms with Gasteiger partial charge in [0.25, 0.3) is 0 Å². The van der Waals surface area contributed by atoms with E-state index in [1.165, 1.54) is 70.8 Å². The van der Waals surface area contributed by atoms with Crippen LogP contribution in [0.25, 0.3) is 0 Å². The van der Waals surface area contributed by atoms with Crippen LogP contribution in [0.2, 0.25) is 0 Å². The smallest absolute Gasteiger partial charge is 0.0334 e. The molecule has 2 saturated carbocycles. The summed E-state index contributed by atoms with van der Waals surface area (Å²) in [5.41, 5.74) is 6.68. The van der Waals surface area contributed by atoms with Gasteiger partial charge in [-0.3, -0.25) is 4.90 Å². The van der Waals surface area contributed by atoms with E-state index in [4.69, 9.17) is 5.73 Å². The van der Waals surface area contributed by atoms with E-state index in [0.717, 1.165) is 24.4 Å². The zero-order valence-corrected chi connectivity index (χ0v) is 12.7. The lowest BCUT2D eigenvalue weighted by molar-refractivity contribution is 0.0417. The molecular weight excluding hydrogens is 232 g/mol. The van der Waals surface area contributed by atoms with Crippen molar-refractivity contribution in [2.75, 3.05) is 13.1 Å². The Balaban J connectivity index is 1.77. The van der Waals surface area contributed by atoms with Crippen molar-refractivity contribution < 1.29 is 0 Å². The van der Waals surface area contributed by atoms with Crippen LogP contribution in [0.5, 0.6) is 0 Å². The standard InChI is InChI=1S/C17H32N2/c1-14-5-4-10-17(13-18,11-8-14)19-12-9-15-6-2-3-7-16(15)19/h14-16H,2-13,18H2,1H3. The summed E-state index contributed by atoms with van der Waals surface area (Å²) < 4.78 is 0. The monoisotopic (exact) mass is 264 g/mol. The minimum absolute atomic E-state index is 0.363. The number of fused-ring (bicyclic) bond motifs is 1. The summed E-state index contributed by atoms with van der Waals surface area (Å²) in [5.74, 6) is 1.91. The van der Waals surface area contributed by atoms with Crippen molar-refractivity contribution in [1.82, 2.24) is 4.90 Å². The fourth-order valence-corrected chi connectivity index (χ4v) is 5.17. The van der Waals surface area contributed by atoms with E-state index < -0.39 is 0 Å². The van der Waals surface area contributed by atoms with Crippen LogP contribution in [0, 0.1) is 11.8 Å². The molecule has 0 spiro atoms. The Bertz CT molecular complexity index is 304. The summed E-state index contributed by atoms with van der Waals surface area (Å²) in [5, 5.41) is 0. The van der Waals surface area contributed by atoms with Crippen molar-refractivity contribution in [3.05, 3.63) is 0 Å². The largest absolute Gasteiger partial charge is 0.329 e. The maximum Gasteiger partial charge on any atom is 0.0334 e. The Morgan fingerprint density at radius 1 is 1.00 bits per heavy atom. The summed E-state index contributed by atoms with van der Waals surface area (Å²) in [7, 11) is 0. The number of hydrogen-bond acceptors (Lipinski definition) is 2. The second-order valence-corrected chi connectivity index (χ2v) is 7.56. The van der Waals surface area contributed by atoms with E-state index in [1.54, 1.807) is 0 Å². The molecular formula is C17H32N2. The van der Waals surface area contributed by atoms with Crippen LogP contribution < -0.4 is 5.73 Å². The van der Waals surface area contributed by atoms with Gasteiger partial charge in [0.05, 0.1) is 0 Å². The normalized spacial score (nSPS) is 44.8. The molecule has 0 radical (unpaired) electrons. The lowest BCUT2D eigenvalue weighted by Crippen LogP contribution is -2.56. The average Bonchev–Trinajstić information content (AvgIpc) is 2.78. The number of nitrogens with zero attached hydrogens (tertiary/aromatic N) is 1. The second-order valence-electron chi connectivity index (χ2n) is 7.56. The van der Waals surface area contributed by atoms with Crippen molar-refractivity contribution >= 4 is 0 Å². The summed E-state index contributed by atoms with van der Waals surface area (Å²) in [6, 6.07) is 0.880. The first-order valence-electron chi connectivity index (χ1n) is 8.72. The molecule has 1 aliphatic heterocycles. The SMILES string of the molecule is CC1CCCC(CN)(N2CCC3CCCCC32)CC1. The topological polar surface area (TPSA) is 29.3 Å². The van der Waals surface area contributed by atoms with Crippen molar-refractivity contribution in [2.45, 2.75) is 82.7 Å². The third-order valence-corrected chi connectivity index (χ3v) is 6.44. The van der Waals surface area contributed by atoms with E-state index in [0.29, 0.717) is 5.54 Å². The van der Waals surface area contributed by atoms with Gasteiger partial charge in [0.1, 0.15) is 0 Å². The van der Waals surface area contributed by atoms with Crippen LogP contribution in [-0.4, -0.2) is 29.6 Å². The molecule has 4 atom stereocenters. The number of nitrogens with two attached hydrogens (primary N) is 1. The quantitative estimate of drug-likeness (QED) is 0.773. The molecule has 110 valence electrons. The predicted octanol–water partition coefficient (Wildman–Crippen LogP) is 3.55. The summed E-state index contributed by atoms with van der Waals surface area (Å²) in [6.45, 7) is 4.66. The van der Waals surface area contributed by atoms with Crippen molar-refractivity contribution in [2.24, 2.45) is 17.6 Å². The van der Waals surface area contributed by atoms with E-state index in [1.807, 2.05) is 0 Å². The molecule has 19 heavy (non-hydrogen) atoms. The first kappa shape index (κ1) is 13.9. The Morgan fingerprint density at radius 3 is 2.68 bits per heavy atom. The Labute approximate surface area is 119 Å². The summed E-state index contributed by atoms with van der Waals surface area (Å²) in [6.07, 6.45) is 14.2. The van der Waals surface area contributed by atoms with Crippen LogP contribution in [-0.2, 0) is 0 Å². The molecule has 3 fully saturated rings. The molecule has 2 N–H and O–H groups in total. The van der Waals surface area contributed by atoms with Crippen LogP contribution in [0.3, 0.4) is 0 Å². The molecule has 2 nitrogen and oxygen atoms in total. The van der Waals surface area contributed by atoms with Crippen LogP contribution >= 0.6 is 0 Å². The van der Waals surface area contributed by atoms with Crippen molar-refractivity contribution in [3.8, 4) is 0 Å². The third-order valence-electron chi connectivity index (χ3n) is 6.44. The van der Waals surface area contributed by atoms with Gasteiger partial charge in [0.15, 0.2) is 0 Å². The van der Waals surface area contributed by atoms with Gasteiger partial charge >= 0.3 is 0 Å². The molecule has 2 heteroatoms. The van der Waals surface area contributed by atoms with Gasteiger partial charge in [0, 0.05) is 18.1 Å². The average molecular weight is 264 g/mol. The minimum Gasteiger partial charge on any atom is -0.329 e. The highest BCUT2D eigenvalue weighted by molar-refractivity contribution is 5.02. The molecule has 1 heterocycles. The lowest BCUT2D eigenvalue weighted by atomic mass is 9.81. The summed E-state index contributed by atoms with van der Waals surface area (Å²) in [4.78, 5) is 2.90. The molecule has 0 bridgehead atoms. The molecule has 1 saturated heterocycles. The molecule has 2 aliphatic carbocycles. The molecule has 0 aromatic rings. The van der Waals surface area contributed by atoms with E-state index in [9.17, 15) is 0 Å². The number of rotatable bonds is 2. The first-order valence-corrected chi connectivity index (χ1v) is 8.72. The molecule has 0 aromatic carbocycles. The fraction of sp³-hybridized carbons (Fsp3) is 1.00. The van der Waals surface area contributed by atoms with Crippen LogP contribution in [0.4, 0.5) is 0 Å². The molecule has 0 aromatic heterocycles. The Hall–Kier alpha value is -0.0800. The maximum atomic E-state index is 6.31. The van der Waals surface area contributed by atoms with E-state index in [2.05, 4.69) is 11.8 Å². The van der Waals surface area contributed by atoms with E-state index >= 15 is 0 Å². The van der Waals surface area contributed by atoms with Gasteiger partial charge in [-0.2, -0.15) is 0 Å². The molecule has 4 unspecified atom stereocenters. The molecule has 3 aliphatic rings. The number of likely N-dealkylation sites (tertiary alicyclic amines) is 1.